The zero-order valence-corrected chi connectivity index (χ0v) is 21.4. The first-order valence-corrected chi connectivity index (χ1v) is 13.3. The molecule has 0 aliphatic carbocycles. The van der Waals surface area contributed by atoms with E-state index in [1.807, 2.05) is 11.8 Å². The average Bonchev–Trinajstić information content (AvgIpc) is 2.63. The molecule has 0 unspecified atom stereocenters. The fourth-order valence-corrected chi connectivity index (χ4v) is 6.33. The largest absolute Gasteiger partial charge is 0.358 e. The molecule has 0 saturated carbocycles. The van der Waals surface area contributed by atoms with E-state index < -0.39 is 0 Å². The van der Waals surface area contributed by atoms with Gasteiger partial charge in [-0.05, 0) is 88.5 Å². The summed E-state index contributed by atoms with van der Waals surface area (Å²) in [7, 11) is 0. The molecule has 0 N–H and O–H groups in total. The molecule has 0 fully saturated rings. The number of hydrogen-bond acceptors (Lipinski definition) is 1. The summed E-state index contributed by atoms with van der Waals surface area (Å²) in [5.41, 5.74) is 4.45. The van der Waals surface area contributed by atoms with Crippen molar-refractivity contribution in [1.29, 1.82) is 0 Å². The van der Waals surface area contributed by atoms with Crippen LogP contribution in [-0.4, -0.2) is 0 Å². The molecule has 0 nitrogen and oxygen atoms in total. The van der Waals surface area contributed by atoms with Gasteiger partial charge >= 0.3 is 21.2 Å². The lowest BCUT2D eigenvalue weighted by molar-refractivity contribution is -0.598. The Morgan fingerprint density at radius 1 is 0.889 bits per heavy atom. The lowest BCUT2D eigenvalue weighted by Gasteiger charge is -2.18. The number of hydrogen-bond donors (Lipinski definition) is 0. The van der Waals surface area contributed by atoms with Gasteiger partial charge in [0.15, 0.2) is 7.14 Å². The highest BCUT2D eigenvalue weighted by Crippen LogP contribution is 2.24. The van der Waals surface area contributed by atoms with Gasteiger partial charge in [-0.25, -0.2) is 0 Å². The van der Waals surface area contributed by atoms with Crippen molar-refractivity contribution in [3.63, 3.8) is 0 Å². The van der Waals surface area contributed by atoms with Crippen LogP contribution in [0, 0.1) is 17.6 Å². The molecular formula is C24H25I2S+. The summed E-state index contributed by atoms with van der Waals surface area (Å²) >= 11 is 4.15. The fourth-order valence-electron chi connectivity index (χ4n) is 2.69. The molecule has 0 bridgehead atoms. The second-order valence-electron chi connectivity index (χ2n) is 7.68. The summed E-state index contributed by atoms with van der Waals surface area (Å²) in [5, 5.41) is 0. The molecule has 3 rings (SSSR count). The summed E-state index contributed by atoms with van der Waals surface area (Å²) in [6.45, 7) is 9.07. The Morgan fingerprint density at radius 2 is 1.56 bits per heavy atom. The molecule has 0 amide bonds. The minimum atomic E-state index is -0.124. The van der Waals surface area contributed by atoms with Crippen LogP contribution in [0.3, 0.4) is 0 Å². The summed E-state index contributed by atoms with van der Waals surface area (Å²) in [5.74, 6) is 1.03. The molecule has 3 heteroatoms. The molecule has 0 atom stereocenters. The van der Waals surface area contributed by atoms with Crippen molar-refractivity contribution in [1.82, 2.24) is 0 Å². The topological polar surface area (TPSA) is 0 Å². The van der Waals surface area contributed by atoms with E-state index in [0.29, 0.717) is 0 Å². The zero-order valence-electron chi connectivity index (χ0n) is 16.2. The van der Waals surface area contributed by atoms with Gasteiger partial charge in [-0.15, -0.1) is 11.8 Å². The first-order chi connectivity index (χ1) is 12.8. The number of rotatable bonds is 5. The minimum Gasteiger partial charge on any atom is -0.121 e. The minimum absolute atomic E-state index is 0.124. The molecule has 27 heavy (non-hydrogen) atoms. The van der Waals surface area contributed by atoms with Gasteiger partial charge in [0, 0.05) is 19.8 Å². The number of aryl methyl sites for hydroxylation is 1. The second kappa shape index (κ2) is 9.31. The molecule has 3 aromatic carbocycles. The molecule has 0 radical (unpaired) electrons. The SMILES string of the molecule is Cc1cc(SCc2ccc(I)cc2)ccc1[I+]c1ccc(C(C)(C)C)cc1. The Kier molecular flexibility index (Phi) is 7.31. The maximum absolute atomic E-state index is 2.36. The normalized spacial score (nSPS) is 11.6. The average molecular weight is 599 g/mol. The summed E-state index contributed by atoms with van der Waals surface area (Å²) in [4.78, 5) is 1.36. The predicted molar refractivity (Wildman–Crippen MR) is 122 cm³/mol. The number of thioether (sulfide) groups is 1. The summed E-state index contributed by atoms with van der Waals surface area (Å²) in [6, 6.07) is 25.1. The first-order valence-electron chi connectivity index (χ1n) is 9.04. The van der Waals surface area contributed by atoms with Crippen LogP contribution in [0.5, 0.6) is 0 Å². The highest BCUT2D eigenvalue weighted by atomic mass is 127. The van der Waals surface area contributed by atoms with Gasteiger partial charge in [0.25, 0.3) is 0 Å². The highest BCUT2D eigenvalue weighted by molar-refractivity contribution is 14.1. The zero-order chi connectivity index (χ0) is 19.4. The Bertz CT molecular complexity index is 891. The van der Waals surface area contributed by atoms with E-state index in [4.69, 9.17) is 0 Å². The van der Waals surface area contributed by atoms with Gasteiger partial charge in [-0.1, -0.05) is 45.0 Å². The van der Waals surface area contributed by atoms with Crippen molar-refractivity contribution < 1.29 is 21.2 Å². The fraction of sp³-hybridized carbons (Fsp3) is 0.250. The third kappa shape index (κ3) is 6.23. The van der Waals surface area contributed by atoms with E-state index in [-0.39, 0.29) is 26.6 Å². The van der Waals surface area contributed by atoms with Crippen molar-refractivity contribution in [2.75, 3.05) is 0 Å². The van der Waals surface area contributed by atoms with Crippen LogP contribution >= 0.6 is 34.4 Å². The van der Waals surface area contributed by atoms with E-state index in [2.05, 4.69) is 117 Å². The Balaban J connectivity index is 1.65. The van der Waals surface area contributed by atoms with Gasteiger partial charge in [0.2, 0.25) is 0 Å². The third-order valence-corrected chi connectivity index (χ3v) is 9.29. The molecule has 140 valence electrons. The summed E-state index contributed by atoms with van der Waals surface area (Å²) < 4.78 is 4.31. The molecule has 0 saturated heterocycles. The third-order valence-electron chi connectivity index (χ3n) is 4.37. The molecule has 0 heterocycles. The molecule has 0 aromatic heterocycles. The monoisotopic (exact) mass is 599 g/mol. The predicted octanol–water partition coefficient (Wildman–Crippen LogP) is 4.32. The van der Waals surface area contributed by atoms with E-state index in [1.165, 1.54) is 32.3 Å². The lowest BCUT2D eigenvalue weighted by atomic mass is 9.87. The van der Waals surface area contributed by atoms with Crippen LogP contribution in [-0.2, 0) is 11.2 Å². The van der Waals surface area contributed by atoms with Crippen LogP contribution in [0.25, 0.3) is 0 Å². The van der Waals surface area contributed by atoms with Crippen molar-refractivity contribution in [2.45, 2.75) is 43.8 Å². The van der Waals surface area contributed by atoms with E-state index in [1.54, 1.807) is 0 Å². The van der Waals surface area contributed by atoms with Crippen LogP contribution < -0.4 is 21.2 Å². The van der Waals surface area contributed by atoms with Gasteiger partial charge in [-0.3, -0.25) is 0 Å². The van der Waals surface area contributed by atoms with Gasteiger partial charge in [0.05, 0.1) is 0 Å². The van der Waals surface area contributed by atoms with E-state index in [9.17, 15) is 0 Å². The maximum Gasteiger partial charge on any atom is 0.358 e. The lowest BCUT2D eigenvalue weighted by Crippen LogP contribution is -3.61. The highest BCUT2D eigenvalue weighted by Gasteiger charge is 2.20. The van der Waals surface area contributed by atoms with Gasteiger partial charge in [-0.2, -0.15) is 0 Å². The van der Waals surface area contributed by atoms with Crippen molar-refractivity contribution in [3.8, 4) is 0 Å². The van der Waals surface area contributed by atoms with Crippen LogP contribution in [0.4, 0.5) is 0 Å². The molecular weight excluding hydrogens is 574 g/mol. The van der Waals surface area contributed by atoms with E-state index >= 15 is 0 Å². The van der Waals surface area contributed by atoms with Gasteiger partial charge < -0.3 is 0 Å². The van der Waals surface area contributed by atoms with Crippen LogP contribution in [0.15, 0.2) is 71.6 Å². The summed E-state index contributed by atoms with van der Waals surface area (Å²) in [6.07, 6.45) is 0. The first kappa shape index (κ1) is 21.2. The smallest absolute Gasteiger partial charge is 0.121 e. The molecule has 0 aliphatic heterocycles. The Hall–Kier alpha value is -0.530. The Morgan fingerprint density at radius 3 is 2.15 bits per heavy atom. The molecule has 0 spiro atoms. The maximum atomic E-state index is 2.36. The van der Waals surface area contributed by atoms with Crippen LogP contribution in [0.2, 0.25) is 0 Å². The Labute approximate surface area is 192 Å². The van der Waals surface area contributed by atoms with Crippen LogP contribution in [0.1, 0.15) is 37.5 Å². The number of benzene rings is 3. The molecule has 0 aliphatic rings. The van der Waals surface area contributed by atoms with E-state index in [0.717, 1.165) is 5.75 Å². The van der Waals surface area contributed by atoms with Gasteiger partial charge in [0.1, 0.15) is 0 Å². The van der Waals surface area contributed by atoms with Crippen molar-refractivity contribution >= 4 is 34.4 Å². The molecule has 3 aromatic rings. The van der Waals surface area contributed by atoms with Crippen molar-refractivity contribution in [2.24, 2.45) is 0 Å². The standard InChI is InChI=1S/C24H25I2S/c1-17-15-22(27-16-18-5-9-20(25)10-6-18)13-14-23(17)26-21-11-7-19(8-12-21)24(2,3)4/h5-15H,16H2,1-4H3/q+1. The second-order valence-corrected chi connectivity index (χ2v) is 12.9. The quantitative estimate of drug-likeness (QED) is 0.311. The van der Waals surface area contributed by atoms with Crippen molar-refractivity contribution in [3.05, 3.63) is 94.1 Å². The number of halogens is 2.